The Morgan fingerprint density at radius 1 is 1.05 bits per heavy atom. The van der Waals surface area contributed by atoms with Crippen molar-refractivity contribution in [3.05, 3.63) is 18.2 Å². The number of fused-ring (bicyclic) bond motifs is 2. The van der Waals surface area contributed by atoms with Gasteiger partial charge in [-0.2, -0.15) is 0 Å². The fraction of sp³-hybridized carbons (Fsp3) is 0.533. The lowest BCUT2D eigenvalue weighted by molar-refractivity contribution is -0.120. The zero-order chi connectivity index (χ0) is 13.4. The fourth-order valence-electron chi connectivity index (χ4n) is 3.38. The first-order valence-corrected chi connectivity index (χ1v) is 6.75. The first kappa shape index (κ1) is 12.3. The van der Waals surface area contributed by atoms with Gasteiger partial charge in [-0.25, -0.2) is 0 Å². The minimum atomic E-state index is 0.365. The topological polar surface area (TPSA) is 38.8 Å². The third kappa shape index (κ3) is 2.05. The third-order valence-electron chi connectivity index (χ3n) is 4.21. The van der Waals surface area contributed by atoms with E-state index in [4.69, 9.17) is 9.47 Å². The highest BCUT2D eigenvalue weighted by molar-refractivity contribution is 5.83. The number of hydrogen-bond acceptors (Lipinski definition) is 4. The van der Waals surface area contributed by atoms with Crippen molar-refractivity contribution in [2.24, 2.45) is 0 Å². The van der Waals surface area contributed by atoms with Gasteiger partial charge in [0.25, 0.3) is 0 Å². The average Bonchev–Trinajstić information content (AvgIpc) is 2.70. The number of Topliss-reactive ketones (excluding diaryl/α,β-unsaturated/α-hetero) is 1. The van der Waals surface area contributed by atoms with Crippen molar-refractivity contribution in [2.75, 3.05) is 19.1 Å². The van der Waals surface area contributed by atoms with Crippen LogP contribution in [0.15, 0.2) is 18.2 Å². The van der Waals surface area contributed by atoms with E-state index in [1.54, 1.807) is 14.2 Å². The van der Waals surface area contributed by atoms with Gasteiger partial charge < -0.3 is 14.4 Å². The molecule has 2 bridgehead atoms. The zero-order valence-electron chi connectivity index (χ0n) is 11.4. The van der Waals surface area contributed by atoms with Crippen molar-refractivity contribution in [3.63, 3.8) is 0 Å². The Balaban J connectivity index is 1.92. The molecule has 2 saturated heterocycles. The minimum absolute atomic E-state index is 0.365. The Labute approximate surface area is 113 Å². The smallest absolute Gasteiger partial charge is 0.162 e. The van der Waals surface area contributed by atoms with E-state index in [0.717, 1.165) is 30.0 Å². The molecular weight excluding hydrogens is 242 g/mol. The van der Waals surface area contributed by atoms with Crippen molar-refractivity contribution < 1.29 is 14.3 Å². The van der Waals surface area contributed by atoms with Gasteiger partial charge in [-0.1, -0.05) is 0 Å². The predicted octanol–water partition coefficient (Wildman–Crippen LogP) is 2.40. The maximum Gasteiger partial charge on any atom is 0.162 e. The van der Waals surface area contributed by atoms with E-state index in [1.807, 2.05) is 12.1 Å². The lowest BCUT2D eigenvalue weighted by Gasteiger charge is -2.36. The number of rotatable bonds is 3. The Morgan fingerprint density at radius 3 is 2.26 bits per heavy atom. The van der Waals surface area contributed by atoms with Gasteiger partial charge in [0.2, 0.25) is 0 Å². The number of benzene rings is 1. The van der Waals surface area contributed by atoms with Crippen molar-refractivity contribution in [1.82, 2.24) is 0 Å². The summed E-state index contributed by atoms with van der Waals surface area (Å²) in [6, 6.07) is 6.74. The summed E-state index contributed by atoms with van der Waals surface area (Å²) in [5.41, 5.74) is 1.14. The van der Waals surface area contributed by atoms with Gasteiger partial charge in [-0.15, -0.1) is 0 Å². The lowest BCUT2D eigenvalue weighted by atomic mass is 10.0. The number of methoxy groups -OCH3 is 2. The highest BCUT2D eigenvalue weighted by atomic mass is 16.5. The highest BCUT2D eigenvalue weighted by Crippen LogP contribution is 2.40. The van der Waals surface area contributed by atoms with Crippen molar-refractivity contribution in [3.8, 4) is 11.5 Å². The van der Waals surface area contributed by atoms with Gasteiger partial charge in [-0.05, 0) is 25.0 Å². The summed E-state index contributed by atoms with van der Waals surface area (Å²) in [6.45, 7) is 0. The lowest BCUT2D eigenvalue weighted by Crippen LogP contribution is -2.43. The third-order valence-corrected chi connectivity index (χ3v) is 4.21. The van der Waals surface area contributed by atoms with Crippen LogP contribution in [-0.2, 0) is 4.79 Å². The molecule has 0 radical (unpaired) electrons. The first-order valence-electron chi connectivity index (χ1n) is 6.75. The molecular formula is C15H19NO3. The Kier molecular flexibility index (Phi) is 3.09. The number of anilines is 1. The summed E-state index contributed by atoms with van der Waals surface area (Å²) >= 11 is 0. The van der Waals surface area contributed by atoms with E-state index < -0.39 is 0 Å². The van der Waals surface area contributed by atoms with Crippen molar-refractivity contribution in [2.45, 2.75) is 37.8 Å². The molecule has 2 unspecified atom stereocenters. The SMILES string of the molecule is COc1ccc(N2C3CCC2CC(=O)C3)cc1OC. The first-order chi connectivity index (χ1) is 9.22. The van der Waals surface area contributed by atoms with Crippen LogP contribution in [0.1, 0.15) is 25.7 Å². The molecule has 19 heavy (non-hydrogen) atoms. The second-order valence-corrected chi connectivity index (χ2v) is 5.28. The molecule has 3 rings (SSSR count). The van der Waals surface area contributed by atoms with E-state index in [-0.39, 0.29) is 0 Å². The molecule has 0 amide bonds. The van der Waals surface area contributed by atoms with Crippen LogP contribution >= 0.6 is 0 Å². The molecule has 1 aromatic carbocycles. The molecule has 2 atom stereocenters. The predicted molar refractivity (Wildman–Crippen MR) is 73.1 cm³/mol. The molecule has 102 valence electrons. The summed E-state index contributed by atoms with van der Waals surface area (Å²) in [6.07, 6.45) is 3.60. The maximum atomic E-state index is 11.7. The molecule has 2 fully saturated rings. The van der Waals surface area contributed by atoms with Gasteiger partial charge in [-0.3, -0.25) is 4.79 Å². The average molecular weight is 261 g/mol. The van der Waals surface area contributed by atoms with Gasteiger partial charge in [0.05, 0.1) is 14.2 Å². The molecule has 4 nitrogen and oxygen atoms in total. The Hall–Kier alpha value is -1.71. The number of carbonyl (C=O) groups is 1. The molecule has 2 heterocycles. The fourth-order valence-corrected chi connectivity index (χ4v) is 3.38. The number of carbonyl (C=O) groups excluding carboxylic acids is 1. The van der Waals surface area contributed by atoms with Crippen LogP contribution in [-0.4, -0.2) is 32.1 Å². The van der Waals surface area contributed by atoms with Crippen LogP contribution in [0.3, 0.4) is 0 Å². The number of hydrogen-bond donors (Lipinski definition) is 0. The normalized spacial score (nSPS) is 25.6. The molecule has 2 aliphatic rings. The molecule has 0 aliphatic carbocycles. The zero-order valence-corrected chi connectivity index (χ0v) is 11.4. The monoisotopic (exact) mass is 261 g/mol. The summed E-state index contributed by atoms with van der Waals surface area (Å²) in [4.78, 5) is 14.0. The standard InChI is InChI=1S/C15H19NO3/c1-18-14-6-5-12(9-15(14)19-2)16-10-3-4-11(16)8-13(17)7-10/h5-6,9-11H,3-4,7-8H2,1-2H3. The maximum absolute atomic E-state index is 11.7. The van der Waals surface area contributed by atoms with Gasteiger partial charge in [0, 0.05) is 36.7 Å². The van der Waals surface area contributed by atoms with E-state index in [0.29, 0.717) is 30.7 Å². The molecule has 2 aliphatic heterocycles. The highest BCUT2D eigenvalue weighted by Gasteiger charge is 2.40. The number of nitrogens with zero attached hydrogens (tertiary/aromatic N) is 1. The summed E-state index contributed by atoms with van der Waals surface area (Å²) in [5.74, 6) is 1.90. The second-order valence-electron chi connectivity index (χ2n) is 5.28. The van der Waals surface area contributed by atoms with Crippen LogP contribution in [0.4, 0.5) is 5.69 Å². The van der Waals surface area contributed by atoms with Gasteiger partial charge >= 0.3 is 0 Å². The number of piperidine rings is 1. The summed E-state index contributed by atoms with van der Waals surface area (Å²) < 4.78 is 10.6. The van der Waals surface area contributed by atoms with Crippen LogP contribution in [0.2, 0.25) is 0 Å². The summed E-state index contributed by atoms with van der Waals surface area (Å²) in [7, 11) is 3.29. The van der Waals surface area contributed by atoms with Gasteiger partial charge in [0.15, 0.2) is 11.5 Å². The summed E-state index contributed by atoms with van der Waals surface area (Å²) in [5, 5.41) is 0. The molecule has 1 aromatic rings. The van der Waals surface area contributed by atoms with Crippen molar-refractivity contribution >= 4 is 11.5 Å². The molecule has 0 aromatic heterocycles. The minimum Gasteiger partial charge on any atom is -0.493 e. The molecule has 0 N–H and O–H groups in total. The molecule has 0 saturated carbocycles. The molecule has 0 spiro atoms. The van der Waals surface area contributed by atoms with E-state index >= 15 is 0 Å². The number of ketones is 1. The molecule has 4 heteroatoms. The van der Waals surface area contributed by atoms with Crippen LogP contribution in [0.5, 0.6) is 11.5 Å². The van der Waals surface area contributed by atoms with Crippen LogP contribution in [0, 0.1) is 0 Å². The van der Waals surface area contributed by atoms with E-state index in [2.05, 4.69) is 11.0 Å². The van der Waals surface area contributed by atoms with E-state index in [1.165, 1.54) is 0 Å². The largest absolute Gasteiger partial charge is 0.493 e. The quantitative estimate of drug-likeness (QED) is 0.837. The van der Waals surface area contributed by atoms with Crippen LogP contribution < -0.4 is 14.4 Å². The second kappa shape index (κ2) is 4.76. The van der Waals surface area contributed by atoms with E-state index in [9.17, 15) is 4.79 Å². The van der Waals surface area contributed by atoms with Crippen LogP contribution in [0.25, 0.3) is 0 Å². The van der Waals surface area contributed by atoms with Gasteiger partial charge in [0.1, 0.15) is 5.78 Å². The number of ether oxygens (including phenoxy) is 2. The Bertz CT molecular complexity index is 484. The van der Waals surface area contributed by atoms with Crippen molar-refractivity contribution in [1.29, 1.82) is 0 Å². The Morgan fingerprint density at radius 2 is 1.68 bits per heavy atom.